The van der Waals surface area contributed by atoms with E-state index >= 15 is 0 Å². The number of hydrogen-bond donors (Lipinski definition) is 1. The van der Waals surface area contributed by atoms with Crippen molar-refractivity contribution in [1.82, 2.24) is 24.5 Å². The van der Waals surface area contributed by atoms with Gasteiger partial charge in [0.1, 0.15) is 5.82 Å². The molecule has 1 aliphatic rings. The topological polar surface area (TPSA) is 68.0 Å². The van der Waals surface area contributed by atoms with E-state index in [1.807, 2.05) is 41.5 Å². The van der Waals surface area contributed by atoms with Crippen LogP contribution in [0.3, 0.4) is 0 Å². The molecule has 0 bridgehead atoms. The number of piperidine rings is 1. The lowest BCUT2D eigenvalue weighted by atomic mass is 10.0. The second-order valence-electron chi connectivity index (χ2n) is 6.65. The van der Waals surface area contributed by atoms with Gasteiger partial charge in [-0.15, -0.1) is 0 Å². The molecule has 1 amide bonds. The smallest absolute Gasteiger partial charge is 0.239 e. The lowest BCUT2D eigenvalue weighted by Gasteiger charge is -2.35. The molecule has 2 aromatic heterocycles. The Kier molecular flexibility index (Phi) is 5.30. The van der Waals surface area contributed by atoms with Crippen LogP contribution in [0.25, 0.3) is 0 Å². The van der Waals surface area contributed by atoms with Gasteiger partial charge >= 0.3 is 0 Å². The maximum Gasteiger partial charge on any atom is 0.239 e. The number of aromatic nitrogens is 4. The summed E-state index contributed by atoms with van der Waals surface area (Å²) in [6.45, 7) is 6.31. The van der Waals surface area contributed by atoms with E-state index in [1.54, 1.807) is 12.4 Å². The second-order valence-corrected chi connectivity index (χ2v) is 6.65. The fourth-order valence-electron chi connectivity index (χ4n) is 3.29. The SMILES string of the molecule is CC(C)n1nccc1NC(=O)CN1CCCC[C@@H]1Cn1cccn1. The van der Waals surface area contributed by atoms with Crippen molar-refractivity contribution in [3.8, 4) is 0 Å². The highest BCUT2D eigenvalue weighted by Gasteiger charge is 2.25. The molecule has 1 saturated heterocycles. The van der Waals surface area contributed by atoms with Gasteiger partial charge in [-0.1, -0.05) is 6.42 Å². The van der Waals surface area contributed by atoms with Gasteiger partial charge in [0, 0.05) is 30.5 Å². The third kappa shape index (κ3) is 4.03. The van der Waals surface area contributed by atoms with E-state index in [9.17, 15) is 4.79 Å². The number of nitrogens with one attached hydrogen (secondary N) is 1. The molecule has 0 spiro atoms. The van der Waals surface area contributed by atoms with Crippen LogP contribution in [0.5, 0.6) is 0 Å². The standard InChI is InChI=1S/C17H26N6O/c1-14(2)23-16(7-9-19-23)20-17(24)13-21-10-4-3-6-15(21)12-22-11-5-8-18-22/h5,7-9,11,14-15H,3-4,6,10,12-13H2,1-2H3,(H,20,24)/t15-/m1/s1. The van der Waals surface area contributed by atoms with Crippen molar-refractivity contribution in [3.63, 3.8) is 0 Å². The maximum atomic E-state index is 12.5. The molecule has 1 fully saturated rings. The van der Waals surface area contributed by atoms with Crippen LogP contribution in [0.4, 0.5) is 5.82 Å². The van der Waals surface area contributed by atoms with Crippen molar-refractivity contribution >= 4 is 11.7 Å². The molecule has 0 aliphatic carbocycles. The summed E-state index contributed by atoms with van der Waals surface area (Å²) in [6, 6.07) is 4.36. The summed E-state index contributed by atoms with van der Waals surface area (Å²) in [5, 5.41) is 11.5. The zero-order valence-corrected chi connectivity index (χ0v) is 14.4. The minimum absolute atomic E-state index is 0.0183. The van der Waals surface area contributed by atoms with E-state index in [0.717, 1.165) is 31.7 Å². The third-order valence-corrected chi connectivity index (χ3v) is 4.48. The predicted molar refractivity (Wildman–Crippen MR) is 92.7 cm³/mol. The molecule has 1 N–H and O–H groups in total. The summed E-state index contributed by atoms with van der Waals surface area (Å²) in [6.07, 6.45) is 8.96. The fourth-order valence-corrected chi connectivity index (χ4v) is 3.29. The second kappa shape index (κ2) is 7.61. The summed E-state index contributed by atoms with van der Waals surface area (Å²) in [5.41, 5.74) is 0. The number of rotatable bonds is 6. The molecule has 2 aromatic rings. The van der Waals surface area contributed by atoms with E-state index in [-0.39, 0.29) is 11.9 Å². The first-order valence-corrected chi connectivity index (χ1v) is 8.68. The Labute approximate surface area is 142 Å². The summed E-state index contributed by atoms with van der Waals surface area (Å²) < 4.78 is 3.78. The number of nitrogens with zero attached hydrogens (tertiary/aromatic N) is 5. The van der Waals surface area contributed by atoms with Gasteiger partial charge in [0.15, 0.2) is 0 Å². The Hall–Kier alpha value is -2.15. The minimum atomic E-state index is 0.0183. The van der Waals surface area contributed by atoms with Gasteiger partial charge in [-0.2, -0.15) is 10.2 Å². The van der Waals surface area contributed by atoms with Crippen LogP contribution in [0.2, 0.25) is 0 Å². The molecule has 1 aliphatic heterocycles. The van der Waals surface area contributed by atoms with E-state index in [1.165, 1.54) is 6.42 Å². The first-order chi connectivity index (χ1) is 11.6. The molecule has 130 valence electrons. The summed E-state index contributed by atoms with van der Waals surface area (Å²) >= 11 is 0. The normalized spacial score (nSPS) is 18.9. The Morgan fingerprint density at radius 3 is 2.96 bits per heavy atom. The number of amides is 1. The summed E-state index contributed by atoms with van der Waals surface area (Å²) in [5.74, 6) is 0.778. The van der Waals surface area contributed by atoms with Crippen molar-refractivity contribution in [2.45, 2.75) is 51.7 Å². The van der Waals surface area contributed by atoms with E-state index in [4.69, 9.17) is 0 Å². The molecular formula is C17H26N6O. The van der Waals surface area contributed by atoms with Gasteiger partial charge in [-0.25, -0.2) is 4.68 Å². The largest absolute Gasteiger partial charge is 0.310 e. The van der Waals surface area contributed by atoms with Gasteiger partial charge in [-0.3, -0.25) is 14.4 Å². The Bertz CT molecular complexity index is 648. The van der Waals surface area contributed by atoms with Crippen molar-refractivity contribution in [2.75, 3.05) is 18.4 Å². The van der Waals surface area contributed by atoms with Gasteiger partial charge < -0.3 is 5.32 Å². The number of anilines is 1. The molecule has 7 heteroatoms. The summed E-state index contributed by atoms with van der Waals surface area (Å²) in [7, 11) is 0. The minimum Gasteiger partial charge on any atom is -0.310 e. The monoisotopic (exact) mass is 330 g/mol. The van der Waals surface area contributed by atoms with Crippen LogP contribution < -0.4 is 5.32 Å². The zero-order chi connectivity index (χ0) is 16.9. The van der Waals surface area contributed by atoms with Crippen molar-refractivity contribution < 1.29 is 4.79 Å². The van der Waals surface area contributed by atoms with E-state index < -0.39 is 0 Å². The molecule has 7 nitrogen and oxygen atoms in total. The third-order valence-electron chi connectivity index (χ3n) is 4.48. The van der Waals surface area contributed by atoms with Crippen molar-refractivity contribution in [2.24, 2.45) is 0 Å². The average Bonchev–Trinajstić information content (AvgIpc) is 3.21. The van der Waals surface area contributed by atoms with Crippen LogP contribution in [-0.4, -0.2) is 49.5 Å². The van der Waals surface area contributed by atoms with E-state index in [0.29, 0.717) is 12.6 Å². The molecule has 0 saturated carbocycles. The number of carbonyl (C=O) groups excluding carboxylic acids is 1. The predicted octanol–water partition coefficient (Wildman–Crippen LogP) is 2.15. The van der Waals surface area contributed by atoms with Crippen molar-refractivity contribution in [3.05, 3.63) is 30.7 Å². The lowest BCUT2D eigenvalue weighted by molar-refractivity contribution is -0.118. The zero-order valence-electron chi connectivity index (χ0n) is 14.4. The quantitative estimate of drug-likeness (QED) is 0.881. The molecule has 3 heterocycles. The van der Waals surface area contributed by atoms with Gasteiger partial charge in [-0.05, 0) is 39.3 Å². The highest BCUT2D eigenvalue weighted by Crippen LogP contribution is 2.19. The molecule has 24 heavy (non-hydrogen) atoms. The number of likely N-dealkylation sites (tertiary alicyclic amines) is 1. The van der Waals surface area contributed by atoms with Crippen LogP contribution in [0.1, 0.15) is 39.2 Å². The van der Waals surface area contributed by atoms with Gasteiger partial charge in [0.2, 0.25) is 5.91 Å². The Balaban J connectivity index is 1.60. The number of hydrogen-bond acceptors (Lipinski definition) is 4. The van der Waals surface area contributed by atoms with Crippen LogP contribution in [-0.2, 0) is 11.3 Å². The lowest BCUT2D eigenvalue weighted by Crippen LogP contribution is -2.46. The summed E-state index contributed by atoms with van der Waals surface area (Å²) in [4.78, 5) is 14.8. The highest BCUT2D eigenvalue weighted by molar-refractivity contribution is 5.91. The Morgan fingerprint density at radius 2 is 2.21 bits per heavy atom. The first kappa shape index (κ1) is 16.7. The molecule has 0 unspecified atom stereocenters. The molecule has 1 atom stereocenters. The van der Waals surface area contributed by atoms with Gasteiger partial charge in [0.05, 0.1) is 19.3 Å². The van der Waals surface area contributed by atoms with Crippen LogP contribution in [0, 0.1) is 0 Å². The number of carbonyl (C=O) groups is 1. The fraction of sp³-hybridized carbons (Fsp3) is 0.588. The average molecular weight is 330 g/mol. The molecular weight excluding hydrogens is 304 g/mol. The van der Waals surface area contributed by atoms with Crippen LogP contribution in [0.15, 0.2) is 30.7 Å². The molecule has 0 aromatic carbocycles. The molecule has 0 radical (unpaired) electrons. The maximum absolute atomic E-state index is 12.5. The van der Waals surface area contributed by atoms with Crippen molar-refractivity contribution in [1.29, 1.82) is 0 Å². The first-order valence-electron chi connectivity index (χ1n) is 8.68. The Morgan fingerprint density at radius 1 is 1.33 bits per heavy atom. The highest BCUT2D eigenvalue weighted by atomic mass is 16.2. The van der Waals surface area contributed by atoms with Gasteiger partial charge in [0.25, 0.3) is 0 Å². The van der Waals surface area contributed by atoms with Crippen LogP contribution >= 0.6 is 0 Å². The molecule has 3 rings (SSSR count). The van der Waals surface area contributed by atoms with E-state index in [2.05, 4.69) is 20.4 Å².